The highest BCUT2D eigenvalue weighted by Gasteiger charge is 2.32. The minimum Gasteiger partial charge on any atom is -0.451 e. The van der Waals surface area contributed by atoms with E-state index in [-0.39, 0.29) is 29.4 Å². The molecule has 3 rings (SSSR count). The van der Waals surface area contributed by atoms with Crippen LogP contribution in [0.3, 0.4) is 0 Å². The first-order valence-electron chi connectivity index (χ1n) is 7.11. The fraction of sp³-hybridized carbons (Fsp3) is 0.133. The molecule has 0 aliphatic rings. The van der Waals surface area contributed by atoms with Crippen LogP contribution in [-0.4, -0.2) is 21.3 Å². The molecule has 0 amide bonds. The topological polar surface area (TPSA) is 99.1 Å². The van der Waals surface area contributed by atoms with E-state index >= 15 is 0 Å². The van der Waals surface area contributed by atoms with Crippen LogP contribution in [0.1, 0.15) is 5.69 Å². The van der Waals surface area contributed by atoms with Gasteiger partial charge in [0.05, 0.1) is 12.2 Å². The van der Waals surface area contributed by atoms with Crippen molar-refractivity contribution in [3.8, 4) is 16.9 Å². The van der Waals surface area contributed by atoms with Gasteiger partial charge in [0.25, 0.3) is 0 Å². The Labute approximate surface area is 153 Å². The van der Waals surface area contributed by atoms with Crippen molar-refractivity contribution in [2.24, 2.45) is 0 Å². The molecule has 0 radical (unpaired) electrons. The minimum absolute atomic E-state index is 0.0354. The third-order valence-corrected chi connectivity index (χ3v) is 3.68. The van der Waals surface area contributed by atoms with Gasteiger partial charge in [-0.15, -0.1) is 13.2 Å². The third kappa shape index (κ3) is 4.42. The van der Waals surface area contributed by atoms with Gasteiger partial charge in [-0.2, -0.15) is 4.98 Å². The summed E-state index contributed by atoms with van der Waals surface area (Å²) in [5.74, 6) is -0.202. The third-order valence-electron chi connectivity index (χ3n) is 3.19. The van der Waals surface area contributed by atoms with Gasteiger partial charge in [0.15, 0.2) is 6.39 Å². The summed E-state index contributed by atoms with van der Waals surface area (Å²) in [5.41, 5.74) is 6.62. The first-order valence-corrected chi connectivity index (χ1v) is 7.90. The number of benzene rings is 1. The van der Waals surface area contributed by atoms with Crippen molar-refractivity contribution in [1.29, 1.82) is 0 Å². The molecule has 0 saturated heterocycles. The highest BCUT2D eigenvalue weighted by Crippen LogP contribution is 2.38. The molecule has 0 aliphatic carbocycles. The molecule has 2 heterocycles. The summed E-state index contributed by atoms with van der Waals surface area (Å²) in [6.07, 6.45) is -0.843. The number of anilines is 2. The lowest BCUT2D eigenvalue weighted by molar-refractivity contribution is -0.274. The molecule has 7 nitrogen and oxygen atoms in total. The molecular formula is C15H11BrF3N5O2. The van der Waals surface area contributed by atoms with E-state index in [1.165, 1.54) is 31.0 Å². The highest BCUT2D eigenvalue weighted by atomic mass is 79.9. The van der Waals surface area contributed by atoms with Crippen LogP contribution in [0.4, 0.5) is 24.9 Å². The standard InChI is InChI=1S/C15H11BrF3N5O2/c16-8-1-2-10(12(3-8)26-15(17,18)19)11-5-22-14(20)24-13(11)21-4-9-6-25-7-23-9/h1-3,5-7H,4H2,(H3,20,21,22,24). The number of hydrogen-bond donors (Lipinski definition) is 2. The normalized spacial score (nSPS) is 11.4. The van der Waals surface area contributed by atoms with Crippen molar-refractivity contribution in [3.05, 3.63) is 47.2 Å². The molecule has 3 N–H and O–H groups in total. The van der Waals surface area contributed by atoms with Gasteiger partial charge in [-0.3, -0.25) is 0 Å². The van der Waals surface area contributed by atoms with Crippen molar-refractivity contribution < 1.29 is 22.3 Å². The molecule has 0 aliphatic heterocycles. The van der Waals surface area contributed by atoms with Crippen LogP contribution >= 0.6 is 15.9 Å². The molecule has 0 saturated carbocycles. The number of oxazole rings is 1. The zero-order valence-electron chi connectivity index (χ0n) is 12.9. The average molecular weight is 430 g/mol. The van der Waals surface area contributed by atoms with E-state index in [1.54, 1.807) is 6.07 Å². The Morgan fingerprint density at radius 1 is 1.23 bits per heavy atom. The van der Waals surface area contributed by atoms with E-state index < -0.39 is 12.1 Å². The van der Waals surface area contributed by atoms with Crippen LogP contribution in [0.25, 0.3) is 11.1 Å². The zero-order chi connectivity index (χ0) is 18.7. The quantitative estimate of drug-likeness (QED) is 0.632. The van der Waals surface area contributed by atoms with E-state index in [0.717, 1.165) is 0 Å². The van der Waals surface area contributed by atoms with Gasteiger partial charge in [0.1, 0.15) is 17.8 Å². The Bertz CT molecular complexity index is 903. The maximum Gasteiger partial charge on any atom is 0.573 e. The van der Waals surface area contributed by atoms with Crippen LogP contribution in [0.2, 0.25) is 0 Å². The summed E-state index contributed by atoms with van der Waals surface area (Å²) in [5, 5.41) is 2.96. The summed E-state index contributed by atoms with van der Waals surface area (Å²) in [6.45, 7) is 0.228. The van der Waals surface area contributed by atoms with Crippen LogP contribution in [0, 0.1) is 0 Å². The molecule has 11 heteroatoms. The van der Waals surface area contributed by atoms with Crippen LogP contribution < -0.4 is 15.8 Å². The van der Waals surface area contributed by atoms with E-state index in [1.807, 2.05) is 0 Å². The molecule has 0 unspecified atom stereocenters. The Balaban J connectivity index is 2.00. The largest absolute Gasteiger partial charge is 0.573 e. The molecule has 26 heavy (non-hydrogen) atoms. The highest BCUT2D eigenvalue weighted by molar-refractivity contribution is 9.10. The van der Waals surface area contributed by atoms with E-state index in [4.69, 9.17) is 10.2 Å². The molecule has 0 bridgehead atoms. The first kappa shape index (κ1) is 18.0. The first-order chi connectivity index (χ1) is 12.3. The average Bonchev–Trinajstić information content (AvgIpc) is 3.06. The number of rotatable bonds is 5. The van der Waals surface area contributed by atoms with E-state index in [2.05, 4.69) is 40.9 Å². The molecule has 2 aromatic heterocycles. The number of nitrogens with zero attached hydrogens (tertiary/aromatic N) is 3. The van der Waals surface area contributed by atoms with Crippen molar-refractivity contribution in [2.45, 2.75) is 12.9 Å². The van der Waals surface area contributed by atoms with Gasteiger partial charge in [-0.25, -0.2) is 9.97 Å². The summed E-state index contributed by atoms with van der Waals surface area (Å²) in [6, 6.07) is 4.25. The van der Waals surface area contributed by atoms with Gasteiger partial charge in [-0.1, -0.05) is 15.9 Å². The van der Waals surface area contributed by atoms with E-state index in [9.17, 15) is 13.2 Å². The number of aromatic nitrogens is 3. The predicted octanol–water partition coefficient (Wildman–Crippen LogP) is 3.99. The number of nitrogens with two attached hydrogens (primary N) is 1. The summed E-state index contributed by atoms with van der Waals surface area (Å²) in [7, 11) is 0. The summed E-state index contributed by atoms with van der Waals surface area (Å²) < 4.78 is 47.7. The van der Waals surface area contributed by atoms with Crippen molar-refractivity contribution in [3.63, 3.8) is 0 Å². The molecule has 0 fully saturated rings. The van der Waals surface area contributed by atoms with Gasteiger partial charge >= 0.3 is 6.36 Å². The smallest absolute Gasteiger partial charge is 0.451 e. The summed E-state index contributed by atoms with van der Waals surface area (Å²) in [4.78, 5) is 11.9. The van der Waals surface area contributed by atoms with Gasteiger partial charge in [0, 0.05) is 21.8 Å². The predicted molar refractivity (Wildman–Crippen MR) is 90.1 cm³/mol. The van der Waals surface area contributed by atoms with Crippen LogP contribution in [0.5, 0.6) is 5.75 Å². The number of halogens is 4. The molecule has 1 aromatic carbocycles. The Morgan fingerprint density at radius 2 is 2.04 bits per heavy atom. The Hall–Kier alpha value is -2.82. The molecular weight excluding hydrogens is 419 g/mol. The van der Waals surface area contributed by atoms with Crippen LogP contribution in [0.15, 0.2) is 45.9 Å². The Morgan fingerprint density at radius 3 is 2.73 bits per heavy atom. The van der Waals surface area contributed by atoms with Crippen molar-refractivity contribution in [2.75, 3.05) is 11.1 Å². The number of ether oxygens (including phenoxy) is 1. The van der Waals surface area contributed by atoms with Crippen molar-refractivity contribution >= 4 is 27.7 Å². The monoisotopic (exact) mass is 429 g/mol. The SMILES string of the molecule is Nc1ncc(-c2ccc(Br)cc2OC(F)(F)F)c(NCc2cocn2)n1. The molecule has 3 aromatic rings. The second-order valence-electron chi connectivity index (χ2n) is 5.01. The molecule has 0 spiro atoms. The second kappa shape index (κ2) is 7.20. The maximum absolute atomic E-state index is 12.7. The molecule has 0 atom stereocenters. The van der Waals surface area contributed by atoms with Gasteiger partial charge in [-0.05, 0) is 18.2 Å². The second-order valence-corrected chi connectivity index (χ2v) is 5.93. The van der Waals surface area contributed by atoms with Gasteiger partial charge in [0.2, 0.25) is 5.95 Å². The lowest BCUT2D eigenvalue weighted by Gasteiger charge is -2.16. The summed E-state index contributed by atoms with van der Waals surface area (Å²) >= 11 is 3.13. The molecule has 136 valence electrons. The zero-order valence-corrected chi connectivity index (χ0v) is 14.5. The number of nitrogens with one attached hydrogen (secondary N) is 1. The van der Waals surface area contributed by atoms with Crippen LogP contribution in [-0.2, 0) is 6.54 Å². The maximum atomic E-state index is 12.7. The van der Waals surface area contributed by atoms with Gasteiger partial charge < -0.3 is 20.2 Å². The lowest BCUT2D eigenvalue weighted by Crippen LogP contribution is -2.18. The fourth-order valence-electron chi connectivity index (χ4n) is 2.15. The van der Waals surface area contributed by atoms with E-state index in [0.29, 0.717) is 10.2 Å². The number of nitrogen functional groups attached to an aromatic ring is 1. The fourth-order valence-corrected chi connectivity index (χ4v) is 2.49. The number of hydrogen-bond acceptors (Lipinski definition) is 7. The lowest BCUT2D eigenvalue weighted by atomic mass is 10.1. The van der Waals surface area contributed by atoms with Crippen molar-refractivity contribution in [1.82, 2.24) is 15.0 Å². The Kier molecular flexibility index (Phi) is 4.98. The number of alkyl halides is 3. The minimum atomic E-state index is -4.85.